The molecule has 0 fully saturated rings. The number of ether oxygens (including phenoxy) is 3. The first-order valence-electron chi connectivity index (χ1n) is 7.90. The normalized spacial score (nSPS) is 10.5. The molecule has 0 saturated heterocycles. The lowest BCUT2D eigenvalue weighted by Gasteiger charge is -2.08. The summed E-state index contributed by atoms with van der Waals surface area (Å²) in [6, 6.07) is 16.2. The molecular formula is C19H22O5. The number of ketones is 1. The van der Waals surface area contributed by atoms with Crippen LogP contribution in [0.25, 0.3) is 0 Å². The molecule has 5 heteroatoms. The summed E-state index contributed by atoms with van der Waals surface area (Å²) in [5, 5.41) is 8.54. The van der Waals surface area contributed by atoms with Gasteiger partial charge in [-0.2, -0.15) is 0 Å². The molecule has 2 aromatic rings. The number of aliphatic hydroxyl groups is 1. The van der Waals surface area contributed by atoms with Gasteiger partial charge in [-0.1, -0.05) is 30.3 Å². The van der Waals surface area contributed by atoms with Gasteiger partial charge in [0.1, 0.15) is 12.4 Å². The monoisotopic (exact) mass is 330 g/mol. The molecule has 0 saturated carbocycles. The molecule has 5 nitrogen and oxygen atoms in total. The maximum Gasteiger partial charge on any atom is 0.193 e. The van der Waals surface area contributed by atoms with Crippen LogP contribution >= 0.6 is 0 Å². The van der Waals surface area contributed by atoms with Crippen molar-refractivity contribution >= 4 is 5.78 Å². The Morgan fingerprint density at radius 2 is 1.33 bits per heavy atom. The van der Waals surface area contributed by atoms with Crippen LogP contribution in [0.1, 0.15) is 15.9 Å². The van der Waals surface area contributed by atoms with Crippen LogP contribution in [-0.2, 0) is 9.47 Å². The lowest BCUT2D eigenvalue weighted by molar-refractivity contribution is 0.0247. The van der Waals surface area contributed by atoms with E-state index in [9.17, 15) is 4.79 Å². The van der Waals surface area contributed by atoms with Gasteiger partial charge in [-0.05, 0) is 24.3 Å². The number of hydrogen-bond donors (Lipinski definition) is 1. The molecule has 0 heterocycles. The second-order valence-electron chi connectivity index (χ2n) is 5.02. The summed E-state index contributed by atoms with van der Waals surface area (Å²) in [6.07, 6.45) is 0. The van der Waals surface area contributed by atoms with Crippen LogP contribution < -0.4 is 4.74 Å². The van der Waals surface area contributed by atoms with Crippen molar-refractivity contribution in [1.82, 2.24) is 0 Å². The molecule has 0 unspecified atom stereocenters. The van der Waals surface area contributed by atoms with Crippen LogP contribution in [0.3, 0.4) is 0 Å². The molecule has 0 bridgehead atoms. The molecule has 0 aliphatic heterocycles. The Kier molecular flexibility index (Phi) is 7.97. The van der Waals surface area contributed by atoms with E-state index >= 15 is 0 Å². The number of carbonyl (C=O) groups excluding carboxylic acids is 1. The Balaban J connectivity index is 1.70. The Labute approximate surface area is 141 Å². The molecule has 128 valence electrons. The van der Waals surface area contributed by atoms with E-state index in [0.29, 0.717) is 49.9 Å². The molecule has 1 N–H and O–H groups in total. The fraction of sp³-hybridized carbons (Fsp3) is 0.316. The van der Waals surface area contributed by atoms with Crippen LogP contribution in [0.15, 0.2) is 54.6 Å². The zero-order valence-electron chi connectivity index (χ0n) is 13.5. The first-order chi connectivity index (χ1) is 11.8. The van der Waals surface area contributed by atoms with Gasteiger partial charge in [0.15, 0.2) is 5.78 Å². The van der Waals surface area contributed by atoms with Crippen LogP contribution in [-0.4, -0.2) is 50.5 Å². The average Bonchev–Trinajstić information content (AvgIpc) is 2.64. The van der Waals surface area contributed by atoms with Gasteiger partial charge in [-0.3, -0.25) is 4.79 Å². The summed E-state index contributed by atoms with van der Waals surface area (Å²) in [6.45, 7) is 2.14. The fourth-order valence-electron chi connectivity index (χ4n) is 2.06. The minimum atomic E-state index is -0.00615. The third kappa shape index (κ3) is 6.12. The third-order valence-electron chi connectivity index (χ3n) is 3.26. The van der Waals surface area contributed by atoms with Gasteiger partial charge in [-0.25, -0.2) is 0 Å². The standard InChI is InChI=1S/C19H22O5/c20-10-11-22-12-13-23-14-15-24-18-8-6-17(7-9-18)19(21)16-4-2-1-3-5-16/h1-9,20H,10-15H2. The molecule has 0 aliphatic rings. The topological polar surface area (TPSA) is 65.0 Å². The van der Waals surface area contributed by atoms with Gasteiger partial charge in [0.25, 0.3) is 0 Å². The molecule has 0 aromatic heterocycles. The summed E-state index contributed by atoms with van der Waals surface area (Å²) in [7, 11) is 0. The van der Waals surface area contributed by atoms with Crippen LogP contribution in [0.5, 0.6) is 5.75 Å². The molecule has 24 heavy (non-hydrogen) atoms. The fourth-order valence-corrected chi connectivity index (χ4v) is 2.06. The number of carbonyl (C=O) groups is 1. The molecule has 0 amide bonds. The minimum Gasteiger partial charge on any atom is -0.491 e. The summed E-state index contributed by atoms with van der Waals surface area (Å²) in [4.78, 5) is 12.3. The highest BCUT2D eigenvalue weighted by atomic mass is 16.5. The average molecular weight is 330 g/mol. The van der Waals surface area contributed by atoms with E-state index in [-0.39, 0.29) is 12.4 Å². The van der Waals surface area contributed by atoms with E-state index in [1.54, 1.807) is 36.4 Å². The smallest absolute Gasteiger partial charge is 0.193 e. The molecule has 0 radical (unpaired) electrons. The third-order valence-corrected chi connectivity index (χ3v) is 3.26. The first-order valence-corrected chi connectivity index (χ1v) is 7.90. The van der Waals surface area contributed by atoms with Crippen molar-refractivity contribution in [2.24, 2.45) is 0 Å². The highest BCUT2D eigenvalue weighted by Gasteiger charge is 2.08. The number of rotatable bonds is 11. The molecule has 2 rings (SSSR count). The summed E-state index contributed by atoms with van der Waals surface area (Å²) >= 11 is 0. The van der Waals surface area contributed by atoms with Crippen molar-refractivity contribution in [1.29, 1.82) is 0 Å². The van der Waals surface area contributed by atoms with Gasteiger partial charge in [-0.15, -0.1) is 0 Å². The highest BCUT2D eigenvalue weighted by Crippen LogP contribution is 2.15. The zero-order chi connectivity index (χ0) is 17.0. The van der Waals surface area contributed by atoms with Crippen molar-refractivity contribution < 1.29 is 24.1 Å². The van der Waals surface area contributed by atoms with Gasteiger partial charge in [0, 0.05) is 11.1 Å². The van der Waals surface area contributed by atoms with Crippen molar-refractivity contribution in [2.45, 2.75) is 0 Å². The van der Waals surface area contributed by atoms with Crippen LogP contribution in [0.2, 0.25) is 0 Å². The van der Waals surface area contributed by atoms with E-state index in [2.05, 4.69) is 0 Å². The number of hydrogen-bond acceptors (Lipinski definition) is 5. The Morgan fingerprint density at radius 3 is 2.00 bits per heavy atom. The molecule has 0 aliphatic carbocycles. The van der Waals surface area contributed by atoms with Crippen LogP contribution in [0, 0.1) is 0 Å². The maximum absolute atomic E-state index is 12.3. The lowest BCUT2D eigenvalue weighted by Crippen LogP contribution is -2.12. The van der Waals surface area contributed by atoms with E-state index < -0.39 is 0 Å². The largest absolute Gasteiger partial charge is 0.491 e. The molecule has 0 atom stereocenters. The summed E-state index contributed by atoms with van der Waals surface area (Å²) in [5.74, 6) is 0.688. The van der Waals surface area contributed by atoms with E-state index in [0.717, 1.165) is 0 Å². The summed E-state index contributed by atoms with van der Waals surface area (Å²) < 4.78 is 16.0. The Morgan fingerprint density at radius 1 is 0.750 bits per heavy atom. The van der Waals surface area contributed by atoms with Crippen molar-refractivity contribution in [3.63, 3.8) is 0 Å². The summed E-state index contributed by atoms with van der Waals surface area (Å²) in [5.41, 5.74) is 1.30. The number of aliphatic hydroxyl groups excluding tert-OH is 1. The first kappa shape index (κ1) is 18.1. The van der Waals surface area contributed by atoms with Crippen molar-refractivity contribution in [3.8, 4) is 5.75 Å². The SMILES string of the molecule is O=C(c1ccccc1)c1ccc(OCCOCCOCCO)cc1. The second-order valence-corrected chi connectivity index (χ2v) is 5.02. The lowest BCUT2D eigenvalue weighted by atomic mass is 10.0. The van der Waals surface area contributed by atoms with Gasteiger partial charge >= 0.3 is 0 Å². The van der Waals surface area contributed by atoms with Gasteiger partial charge in [0.05, 0.1) is 33.0 Å². The predicted molar refractivity (Wildman–Crippen MR) is 90.5 cm³/mol. The van der Waals surface area contributed by atoms with Crippen molar-refractivity contribution in [3.05, 3.63) is 65.7 Å². The van der Waals surface area contributed by atoms with Crippen LogP contribution in [0.4, 0.5) is 0 Å². The van der Waals surface area contributed by atoms with Gasteiger partial charge in [0.2, 0.25) is 0 Å². The zero-order valence-corrected chi connectivity index (χ0v) is 13.5. The van der Waals surface area contributed by atoms with Gasteiger partial charge < -0.3 is 19.3 Å². The van der Waals surface area contributed by atoms with E-state index in [1.165, 1.54) is 0 Å². The predicted octanol–water partition coefficient (Wildman–Crippen LogP) is 2.32. The van der Waals surface area contributed by atoms with E-state index in [4.69, 9.17) is 19.3 Å². The Bertz CT molecular complexity index is 595. The van der Waals surface area contributed by atoms with E-state index in [1.807, 2.05) is 18.2 Å². The second kappa shape index (κ2) is 10.5. The molecule has 0 spiro atoms. The Hall–Kier alpha value is -2.21. The quantitative estimate of drug-likeness (QED) is 0.506. The highest BCUT2D eigenvalue weighted by molar-refractivity contribution is 6.08. The number of benzene rings is 2. The minimum absolute atomic E-state index is 0.00615. The maximum atomic E-state index is 12.3. The molecular weight excluding hydrogens is 308 g/mol. The molecule has 2 aromatic carbocycles. The van der Waals surface area contributed by atoms with Crippen molar-refractivity contribution in [2.75, 3.05) is 39.6 Å².